The summed E-state index contributed by atoms with van der Waals surface area (Å²) in [5.41, 5.74) is 10.1. The summed E-state index contributed by atoms with van der Waals surface area (Å²) in [6, 6.07) is 8.90. The second-order valence-corrected chi connectivity index (χ2v) is 6.63. The fraction of sp³-hybridized carbons (Fsp3) is 0.286. The molecule has 0 aliphatic carbocycles. The molecule has 25 heavy (non-hydrogen) atoms. The third-order valence-corrected chi connectivity index (χ3v) is 4.33. The predicted octanol–water partition coefficient (Wildman–Crippen LogP) is 6.02. The molecule has 136 valence electrons. The van der Waals surface area contributed by atoms with Crippen molar-refractivity contribution in [3.8, 4) is 0 Å². The number of hydrogen-bond donors (Lipinski definition) is 0. The molecule has 0 N–H and O–H groups in total. The number of hydrogen-bond acceptors (Lipinski definition) is 2. The fourth-order valence-electron chi connectivity index (χ4n) is 3.67. The molecule has 0 spiro atoms. The van der Waals surface area contributed by atoms with E-state index >= 15 is 0 Å². The van der Waals surface area contributed by atoms with Crippen molar-refractivity contribution >= 4 is 21.5 Å². The summed E-state index contributed by atoms with van der Waals surface area (Å²) in [6.45, 7) is 16.4. The molecule has 2 radical (unpaired) electrons. The number of rotatable bonds is 2. The van der Waals surface area contributed by atoms with Gasteiger partial charge in [-0.25, -0.2) is 0 Å². The molecule has 0 atom stereocenters. The topological polar surface area (TPSA) is 6.48 Å². The zero-order valence-electron chi connectivity index (χ0n) is 15.5. The van der Waals surface area contributed by atoms with Gasteiger partial charge in [-0.1, -0.05) is 35.4 Å². The van der Waals surface area contributed by atoms with Crippen LogP contribution in [0.5, 0.6) is 0 Å². The predicted molar refractivity (Wildman–Crippen MR) is 105 cm³/mol. The zero-order valence-corrected chi connectivity index (χ0v) is 17.2. The Hall–Kier alpha value is -1.41. The second-order valence-electron chi connectivity index (χ2n) is 6.63. The van der Waals surface area contributed by atoms with Gasteiger partial charge >= 0.3 is 25.2 Å². The third-order valence-electron chi connectivity index (χ3n) is 4.33. The standard InChI is InChI=1S/C21H24N2.ClH.Cu/c1-14-9-16(3)20(17(4)10-14)22-7-8-23(13-22)21-18(5)11-15(2)12-19(21)6;;/h7-12H,1-6H3;1H;/q;;+1/p-1. The quantitative estimate of drug-likeness (QED) is 0.566. The van der Waals surface area contributed by atoms with Crippen molar-refractivity contribution in [2.45, 2.75) is 41.5 Å². The van der Waals surface area contributed by atoms with Crippen molar-refractivity contribution in [1.29, 1.82) is 0 Å². The van der Waals surface area contributed by atoms with Crippen LogP contribution in [0.25, 0.3) is 0 Å². The first kappa shape index (κ1) is 19.9. The van der Waals surface area contributed by atoms with Crippen LogP contribution in [0.1, 0.15) is 33.4 Å². The van der Waals surface area contributed by atoms with E-state index in [1.54, 1.807) is 0 Å². The van der Waals surface area contributed by atoms with Gasteiger partial charge in [-0.15, -0.1) is 0 Å². The normalized spacial score (nSPS) is 13.2. The van der Waals surface area contributed by atoms with Crippen molar-refractivity contribution in [2.24, 2.45) is 0 Å². The van der Waals surface area contributed by atoms with Gasteiger partial charge in [0.15, 0.2) is 0 Å². The van der Waals surface area contributed by atoms with Crippen LogP contribution in [-0.2, 0) is 15.1 Å². The molecule has 1 aliphatic rings. The molecule has 0 bridgehead atoms. The Morgan fingerprint density at radius 2 is 0.920 bits per heavy atom. The van der Waals surface area contributed by atoms with E-state index in [4.69, 9.17) is 0 Å². The maximum absolute atomic E-state index is 4.20. The monoisotopic (exact) mass is 402 g/mol. The Morgan fingerprint density at radius 3 is 1.20 bits per heavy atom. The van der Waals surface area contributed by atoms with Crippen LogP contribution in [0.4, 0.5) is 11.4 Å². The summed E-state index contributed by atoms with van der Waals surface area (Å²) in [5.74, 6) is 0. The Labute approximate surface area is 164 Å². The summed E-state index contributed by atoms with van der Waals surface area (Å²) in [5, 5.41) is 0. The molecule has 1 aliphatic heterocycles. The van der Waals surface area contributed by atoms with Gasteiger partial charge in [-0.2, -0.15) is 0 Å². The van der Waals surface area contributed by atoms with Gasteiger partial charge in [-0.05, 0) is 63.8 Å². The fourth-order valence-corrected chi connectivity index (χ4v) is 3.67. The van der Waals surface area contributed by atoms with Gasteiger partial charge < -0.3 is 9.80 Å². The minimum absolute atomic E-state index is 1.22. The molecule has 0 fully saturated rings. The summed E-state index contributed by atoms with van der Waals surface area (Å²) in [4.78, 5) is 4.20. The number of halogens is 1. The van der Waals surface area contributed by atoms with E-state index in [1.165, 1.54) is 44.8 Å². The van der Waals surface area contributed by atoms with Crippen LogP contribution in [0.2, 0.25) is 0 Å². The second kappa shape index (κ2) is 8.31. The molecule has 2 aromatic rings. The zero-order chi connectivity index (χ0) is 18.7. The van der Waals surface area contributed by atoms with E-state index in [0.29, 0.717) is 0 Å². The van der Waals surface area contributed by atoms with Gasteiger partial charge in [0.25, 0.3) is 0 Å². The first-order chi connectivity index (χ1) is 11.9. The minimum atomic E-state index is 1.22. The summed E-state index contributed by atoms with van der Waals surface area (Å²) in [7, 11) is 4.20. The molecule has 0 saturated carbocycles. The van der Waals surface area contributed by atoms with Crippen molar-refractivity contribution in [3.63, 3.8) is 0 Å². The number of anilines is 2. The van der Waals surface area contributed by atoms with Crippen molar-refractivity contribution in [1.82, 2.24) is 0 Å². The third kappa shape index (κ3) is 4.23. The maximum atomic E-state index is 4.20. The number of aryl methyl sites for hydroxylation is 6. The Kier molecular flexibility index (Phi) is 6.62. The van der Waals surface area contributed by atoms with Gasteiger partial charge in [0.05, 0.1) is 0 Å². The van der Waals surface area contributed by atoms with Crippen LogP contribution in [0.3, 0.4) is 0 Å². The SMILES string of the molecule is Cc1cc(C)c(N2[C]N(c3c(C)cc(C)cc3C)C=C2)c(C)c1.[Cl][Cu]. The average Bonchev–Trinajstić information content (AvgIpc) is 2.96. The molecule has 3 rings (SSSR count). The molecule has 0 amide bonds. The van der Waals surface area contributed by atoms with Crippen LogP contribution < -0.4 is 9.80 Å². The van der Waals surface area contributed by atoms with E-state index < -0.39 is 0 Å². The van der Waals surface area contributed by atoms with Gasteiger partial charge in [0.1, 0.15) is 0 Å². The molecule has 1 heterocycles. The molecule has 0 aromatic heterocycles. The van der Waals surface area contributed by atoms with Crippen LogP contribution >= 0.6 is 10.1 Å². The van der Waals surface area contributed by atoms with Crippen molar-refractivity contribution in [3.05, 3.63) is 76.7 Å². The van der Waals surface area contributed by atoms with Crippen LogP contribution in [0.15, 0.2) is 36.7 Å². The molecular formula is C21H24ClCuN2. The first-order valence-corrected chi connectivity index (χ1v) is 9.46. The molecule has 4 heteroatoms. The van der Waals surface area contributed by atoms with Crippen molar-refractivity contribution < 1.29 is 15.1 Å². The molecule has 2 nitrogen and oxygen atoms in total. The Balaban J connectivity index is 0.00000109. The van der Waals surface area contributed by atoms with Gasteiger partial charge in [-0.3, -0.25) is 0 Å². The van der Waals surface area contributed by atoms with E-state index in [-0.39, 0.29) is 0 Å². The van der Waals surface area contributed by atoms with Crippen molar-refractivity contribution in [2.75, 3.05) is 9.80 Å². The molecule has 2 aromatic carbocycles. The summed E-state index contributed by atoms with van der Waals surface area (Å²) < 4.78 is 0. The number of benzene rings is 2. The van der Waals surface area contributed by atoms with Gasteiger partial charge in [0.2, 0.25) is 6.67 Å². The number of nitrogens with zero attached hydrogens (tertiary/aromatic N) is 2. The summed E-state index contributed by atoms with van der Waals surface area (Å²) >= 11 is 3.66. The average molecular weight is 403 g/mol. The van der Waals surface area contributed by atoms with E-state index in [9.17, 15) is 0 Å². The van der Waals surface area contributed by atoms with Crippen LogP contribution in [0, 0.1) is 48.2 Å². The Morgan fingerprint density at radius 1 is 0.640 bits per heavy atom. The molecule has 0 saturated heterocycles. The first-order valence-electron chi connectivity index (χ1n) is 8.17. The summed E-state index contributed by atoms with van der Waals surface area (Å²) in [6.07, 6.45) is 4.17. The van der Waals surface area contributed by atoms with E-state index in [0.717, 1.165) is 0 Å². The Bertz CT molecular complexity index is 687. The molecular weight excluding hydrogens is 379 g/mol. The van der Waals surface area contributed by atoms with Crippen LogP contribution in [-0.4, -0.2) is 0 Å². The van der Waals surface area contributed by atoms with Gasteiger partial charge in [0, 0.05) is 23.8 Å². The van der Waals surface area contributed by atoms with E-state index in [2.05, 4.69) is 120 Å². The van der Waals surface area contributed by atoms with E-state index in [1.807, 2.05) is 0 Å². The molecule has 0 unspecified atom stereocenters.